The number of carbonyl (C=O) groups excluding carboxylic acids is 1. The van der Waals surface area contributed by atoms with Crippen molar-refractivity contribution in [3.05, 3.63) is 48.1 Å². The molecule has 0 unspecified atom stereocenters. The molecule has 9 nitrogen and oxygen atoms in total. The number of nitrogens with zero attached hydrogens (tertiary/aromatic N) is 4. The van der Waals surface area contributed by atoms with Gasteiger partial charge >= 0.3 is 0 Å². The summed E-state index contributed by atoms with van der Waals surface area (Å²) in [5, 5.41) is 6.27. The third kappa shape index (κ3) is 4.61. The van der Waals surface area contributed by atoms with Crippen LogP contribution in [0.3, 0.4) is 0 Å². The van der Waals surface area contributed by atoms with Gasteiger partial charge in [0.1, 0.15) is 5.76 Å². The minimum atomic E-state index is -0.379. The number of nitrogens with one attached hydrogen (secondary N) is 1. The summed E-state index contributed by atoms with van der Waals surface area (Å²) in [5.41, 5.74) is 1.42. The van der Waals surface area contributed by atoms with E-state index in [1.165, 1.54) is 0 Å². The van der Waals surface area contributed by atoms with Gasteiger partial charge in [0.05, 0.1) is 12.3 Å². The maximum atomic E-state index is 12.0. The molecule has 3 aromatic heterocycles. The normalized spacial score (nSPS) is 10.5. The monoisotopic (exact) mass is 355 g/mol. The zero-order valence-corrected chi connectivity index (χ0v) is 14.3. The van der Waals surface area contributed by atoms with Crippen LogP contribution in [-0.4, -0.2) is 39.7 Å². The molecule has 9 heteroatoms. The fourth-order valence-corrected chi connectivity index (χ4v) is 2.14. The van der Waals surface area contributed by atoms with E-state index >= 15 is 0 Å². The van der Waals surface area contributed by atoms with Gasteiger partial charge in [-0.2, -0.15) is 4.98 Å². The van der Waals surface area contributed by atoms with Crippen LogP contribution in [0, 0.1) is 6.92 Å². The zero-order chi connectivity index (χ0) is 18.4. The molecule has 0 aliphatic heterocycles. The lowest BCUT2D eigenvalue weighted by atomic mass is 10.2. The third-order valence-corrected chi connectivity index (χ3v) is 3.23. The summed E-state index contributed by atoms with van der Waals surface area (Å²) in [4.78, 5) is 24.7. The Bertz CT molecular complexity index is 882. The summed E-state index contributed by atoms with van der Waals surface area (Å²) in [6.07, 6.45) is 3.30. The predicted molar refractivity (Wildman–Crippen MR) is 91.3 cm³/mol. The molecule has 0 bridgehead atoms. The first-order valence-electron chi connectivity index (χ1n) is 7.77. The largest absolute Gasteiger partial charge is 0.467 e. The first-order valence-corrected chi connectivity index (χ1v) is 7.77. The quantitative estimate of drug-likeness (QED) is 0.685. The second-order valence-corrected chi connectivity index (χ2v) is 5.35. The van der Waals surface area contributed by atoms with Crippen molar-refractivity contribution < 1.29 is 18.8 Å². The number of methoxy groups -OCH3 is 1. The highest BCUT2D eigenvalue weighted by Gasteiger charge is 2.11. The van der Waals surface area contributed by atoms with E-state index in [2.05, 4.69) is 25.4 Å². The Kier molecular flexibility index (Phi) is 5.49. The number of anilines is 1. The SMILES string of the molecule is COCc1cc(OCC(=O)Nc2cc(C)on2)nc(-c2ccncc2)n1. The molecule has 134 valence electrons. The van der Waals surface area contributed by atoms with Crippen molar-refractivity contribution in [3.8, 4) is 17.3 Å². The van der Waals surface area contributed by atoms with Crippen molar-refractivity contribution in [2.24, 2.45) is 0 Å². The lowest BCUT2D eigenvalue weighted by Gasteiger charge is -2.09. The molecule has 0 saturated carbocycles. The Morgan fingerprint density at radius 1 is 1.23 bits per heavy atom. The average Bonchev–Trinajstić information content (AvgIpc) is 3.05. The molecule has 1 amide bonds. The van der Waals surface area contributed by atoms with Crippen molar-refractivity contribution in [2.75, 3.05) is 19.0 Å². The molecule has 3 rings (SSSR count). The number of ether oxygens (including phenoxy) is 2. The highest BCUT2D eigenvalue weighted by Crippen LogP contribution is 2.19. The van der Waals surface area contributed by atoms with Crippen LogP contribution in [0.5, 0.6) is 5.88 Å². The van der Waals surface area contributed by atoms with Gasteiger partial charge < -0.3 is 19.3 Å². The van der Waals surface area contributed by atoms with Gasteiger partial charge in [0, 0.05) is 37.2 Å². The van der Waals surface area contributed by atoms with E-state index in [4.69, 9.17) is 14.0 Å². The molecular weight excluding hydrogens is 338 g/mol. The molecule has 3 heterocycles. The van der Waals surface area contributed by atoms with Gasteiger partial charge in [-0.1, -0.05) is 5.16 Å². The van der Waals surface area contributed by atoms with Crippen LogP contribution in [0.15, 0.2) is 41.2 Å². The molecule has 0 atom stereocenters. The van der Waals surface area contributed by atoms with E-state index in [0.717, 1.165) is 5.56 Å². The number of pyridine rings is 1. The first kappa shape index (κ1) is 17.5. The zero-order valence-electron chi connectivity index (χ0n) is 14.3. The molecule has 0 saturated heterocycles. The number of amides is 1. The lowest BCUT2D eigenvalue weighted by Crippen LogP contribution is -2.20. The van der Waals surface area contributed by atoms with Gasteiger partial charge in [-0.3, -0.25) is 9.78 Å². The van der Waals surface area contributed by atoms with Crippen LogP contribution >= 0.6 is 0 Å². The number of aromatic nitrogens is 4. The standard InChI is InChI=1S/C17H17N5O4/c1-11-7-14(22-26-11)20-15(23)10-25-16-8-13(9-24-2)19-17(21-16)12-3-5-18-6-4-12/h3-8H,9-10H2,1-2H3,(H,20,22,23). The maximum Gasteiger partial charge on any atom is 0.263 e. The van der Waals surface area contributed by atoms with Gasteiger partial charge in [-0.25, -0.2) is 4.98 Å². The van der Waals surface area contributed by atoms with Crippen LogP contribution in [-0.2, 0) is 16.1 Å². The van der Waals surface area contributed by atoms with E-state index in [1.807, 2.05) is 0 Å². The molecule has 0 fully saturated rings. The number of rotatable bonds is 7. The maximum absolute atomic E-state index is 12.0. The summed E-state index contributed by atoms with van der Waals surface area (Å²) in [7, 11) is 1.57. The first-order chi connectivity index (χ1) is 12.6. The average molecular weight is 355 g/mol. The molecule has 0 aromatic carbocycles. The highest BCUT2D eigenvalue weighted by molar-refractivity contribution is 5.90. The minimum Gasteiger partial charge on any atom is -0.467 e. The number of carbonyl (C=O) groups is 1. The second-order valence-electron chi connectivity index (χ2n) is 5.35. The molecule has 0 spiro atoms. The van der Waals surface area contributed by atoms with E-state index in [-0.39, 0.29) is 18.4 Å². The molecule has 0 radical (unpaired) electrons. The summed E-state index contributed by atoms with van der Waals surface area (Å²) in [6, 6.07) is 6.81. The molecule has 26 heavy (non-hydrogen) atoms. The van der Waals surface area contributed by atoms with Crippen LogP contribution in [0.2, 0.25) is 0 Å². The van der Waals surface area contributed by atoms with Gasteiger partial charge in [0.15, 0.2) is 18.2 Å². The fraction of sp³-hybridized carbons (Fsp3) is 0.235. The Labute approximate surface area is 149 Å². The van der Waals surface area contributed by atoms with Gasteiger partial charge in [0.2, 0.25) is 5.88 Å². The van der Waals surface area contributed by atoms with E-state index in [1.54, 1.807) is 50.7 Å². The Balaban J connectivity index is 1.72. The number of aryl methyl sites for hydroxylation is 1. The summed E-state index contributed by atoms with van der Waals surface area (Å²) < 4.78 is 15.5. The van der Waals surface area contributed by atoms with Crippen molar-refractivity contribution in [3.63, 3.8) is 0 Å². The van der Waals surface area contributed by atoms with Crippen LogP contribution in [0.1, 0.15) is 11.5 Å². The summed E-state index contributed by atoms with van der Waals surface area (Å²) in [6.45, 7) is 1.80. The van der Waals surface area contributed by atoms with E-state index in [0.29, 0.717) is 29.7 Å². The lowest BCUT2D eigenvalue weighted by molar-refractivity contribution is -0.118. The van der Waals surface area contributed by atoms with E-state index < -0.39 is 0 Å². The summed E-state index contributed by atoms with van der Waals surface area (Å²) >= 11 is 0. The Hall–Kier alpha value is -3.33. The predicted octanol–water partition coefficient (Wildman–Crippen LogP) is 2.00. The molecule has 0 aliphatic rings. The highest BCUT2D eigenvalue weighted by atomic mass is 16.5. The third-order valence-electron chi connectivity index (χ3n) is 3.23. The van der Waals surface area contributed by atoms with Crippen LogP contribution in [0.4, 0.5) is 5.82 Å². The molecular formula is C17H17N5O4. The Morgan fingerprint density at radius 3 is 2.73 bits per heavy atom. The van der Waals surface area contributed by atoms with Crippen LogP contribution < -0.4 is 10.1 Å². The van der Waals surface area contributed by atoms with Crippen molar-refractivity contribution in [2.45, 2.75) is 13.5 Å². The van der Waals surface area contributed by atoms with Gasteiger partial charge in [0.25, 0.3) is 5.91 Å². The van der Waals surface area contributed by atoms with Gasteiger partial charge in [-0.15, -0.1) is 0 Å². The fourth-order valence-electron chi connectivity index (χ4n) is 2.14. The number of hydrogen-bond acceptors (Lipinski definition) is 8. The van der Waals surface area contributed by atoms with Gasteiger partial charge in [-0.05, 0) is 19.1 Å². The van der Waals surface area contributed by atoms with Crippen LogP contribution in [0.25, 0.3) is 11.4 Å². The van der Waals surface area contributed by atoms with E-state index in [9.17, 15) is 4.79 Å². The van der Waals surface area contributed by atoms with Crippen molar-refractivity contribution in [1.82, 2.24) is 20.1 Å². The molecule has 1 N–H and O–H groups in total. The molecule has 0 aliphatic carbocycles. The topological polar surface area (TPSA) is 112 Å². The molecule has 3 aromatic rings. The second kappa shape index (κ2) is 8.17. The Morgan fingerprint density at radius 2 is 2.04 bits per heavy atom. The summed E-state index contributed by atoms with van der Waals surface area (Å²) in [5.74, 6) is 1.28. The minimum absolute atomic E-state index is 0.231. The number of hydrogen-bond donors (Lipinski definition) is 1. The van der Waals surface area contributed by atoms with Crippen molar-refractivity contribution >= 4 is 11.7 Å². The smallest absolute Gasteiger partial charge is 0.263 e. The van der Waals surface area contributed by atoms with Crippen molar-refractivity contribution in [1.29, 1.82) is 0 Å².